The van der Waals surface area contributed by atoms with Crippen LogP contribution in [-0.4, -0.2) is 41.2 Å². The van der Waals surface area contributed by atoms with E-state index >= 15 is 0 Å². The van der Waals surface area contributed by atoms with Crippen LogP contribution in [0.4, 0.5) is 0 Å². The third-order valence-corrected chi connectivity index (χ3v) is 4.45. The molecule has 3 rings (SSSR count). The molecule has 7 nitrogen and oxygen atoms in total. The molecule has 1 fully saturated rings. The first-order valence-corrected chi connectivity index (χ1v) is 8.92. The summed E-state index contributed by atoms with van der Waals surface area (Å²) in [5, 5.41) is 1.12. The molecule has 1 heterocycles. The average molecular weight is 380 g/mol. The Kier molecular flexibility index (Phi) is 5.84. The second kappa shape index (κ2) is 8.47. The summed E-state index contributed by atoms with van der Waals surface area (Å²) in [7, 11) is 0. The van der Waals surface area contributed by atoms with Crippen molar-refractivity contribution in [1.82, 2.24) is 10.4 Å². The van der Waals surface area contributed by atoms with Crippen molar-refractivity contribution in [3.05, 3.63) is 71.8 Å². The molecule has 28 heavy (non-hydrogen) atoms. The highest BCUT2D eigenvalue weighted by Crippen LogP contribution is 2.19. The number of nitrogens with one attached hydrogen (secondary N) is 1. The van der Waals surface area contributed by atoms with E-state index in [-0.39, 0.29) is 24.7 Å². The molecular weight excluding hydrogens is 360 g/mol. The quantitative estimate of drug-likeness (QED) is 0.611. The van der Waals surface area contributed by atoms with E-state index in [9.17, 15) is 19.2 Å². The van der Waals surface area contributed by atoms with Gasteiger partial charge in [-0.05, 0) is 19.1 Å². The monoisotopic (exact) mass is 380 g/mol. The van der Waals surface area contributed by atoms with Gasteiger partial charge < -0.3 is 4.74 Å². The molecule has 2 amide bonds. The van der Waals surface area contributed by atoms with Crippen LogP contribution in [0.5, 0.6) is 0 Å². The zero-order valence-corrected chi connectivity index (χ0v) is 15.3. The molecule has 7 heteroatoms. The van der Waals surface area contributed by atoms with E-state index in [2.05, 4.69) is 5.43 Å². The third-order valence-electron chi connectivity index (χ3n) is 4.45. The summed E-state index contributed by atoms with van der Waals surface area (Å²) in [5.74, 6) is -2.51. The van der Waals surface area contributed by atoms with Crippen LogP contribution < -0.4 is 5.43 Å². The maximum atomic E-state index is 12.4. The van der Waals surface area contributed by atoms with Crippen LogP contribution in [-0.2, 0) is 14.3 Å². The fourth-order valence-electron chi connectivity index (χ4n) is 2.91. The fourth-order valence-corrected chi connectivity index (χ4v) is 2.91. The van der Waals surface area contributed by atoms with Gasteiger partial charge in [0.25, 0.3) is 5.91 Å². The Hall–Kier alpha value is -3.48. The standard InChI is InChI=1S/C21H20N2O5/c1-14(19(25)15-8-4-2-5-9-15)28-21(27)17-12-18(24)23(13-17)22-20(26)16-10-6-3-7-11-16/h2-11,14,17H,12-13H2,1H3,(H,22,26)/t14-,17-/m0/s1. The van der Waals surface area contributed by atoms with Crippen LogP contribution in [0.2, 0.25) is 0 Å². The Morgan fingerprint density at radius 2 is 1.57 bits per heavy atom. The van der Waals surface area contributed by atoms with E-state index < -0.39 is 23.9 Å². The van der Waals surface area contributed by atoms with E-state index in [1.54, 1.807) is 60.7 Å². The number of carbonyl (C=O) groups excluding carboxylic acids is 4. The lowest BCUT2D eigenvalue weighted by molar-refractivity contribution is -0.151. The van der Waals surface area contributed by atoms with Gasteiger partial charge >= 0.3 is 5.97 Å². The van der Waals surface area contributed by atoms with Gasteiger partial charge in [-0.25, -0.2) is 0 Å². The molecule has 144 valence electrons. The molecule has 2 atom stereocenters. The molecule has 0 bridgehead atoms. The van der Waals surface area contributed by atoms with Crippen molar-refractivity contribution in [3.8, 4) is 0 Å². The van der Waals surface area contributed by atoms with E-state index in [1.165, 1.54) is 6.92 Å². The van der Waals surface area contributed by atoms with Crippen molar-refractivity contribution in [2.75, 3.05) is 6.54 Å². The lowest BCUT2D eigenvalue weighted by Gasteiger charge is -2.18. The van der Waals surface area contributed by atoms with Crippen molar-refractivity contribution in [2.24, 2.45) is 5.92 Å². The lowest BCUT2D eigenvalue weighted by Crippen LogP contribution is -2.43. The highest BCUT2D eigenvalue weighted by molar-refractivity contribution is 6.00. The zero-order chi connectivity index (χ0) is 20.1. The average Bonchev–Trinajstić information content (AvgIpc) is 3.09. The van der Waals surface area contributed by atoms with Gasteiger partial charge in [0.15, 0.2) is 6.10 Å². The molecule has 0 unspecified atom stereocenters. The molecule has 0 spiro atoms. The minimum absolute atomic E-state index is 0.00247. The molecule has 0 aliphatic carbocycles. The van der Waals surface area contributed by atoms with Crippen molar-refractivity contribution >= 4 is 23.6 Å². The second-order valence-electron chi connectivity index (χ2n) is 6.52. The predicted octanol–water partition coefficient (Wildman–Crippen LogP) is 1.99. The SMILES string of the molecule is C[C@H](OC(=O)[C@H]1CC(=O)N(NC(=O)c2ccccc2)C1)C(=O)c1ccccc1. The topological polar surface area (TPSA) is 92.8 Å². The summed E-state index contributed by atoms with van der Waals surface area (Å²) >= 11 is 0. The van der Waals surface area contributed by atoms with Gasteiger partial charge in [-0.15, -0.1) is 0 Å². The van der Waals surface area contributed by atoms with Gasteiger partial charge in [-0.1, -0.05) is 48.5 Å². The smallest absolute Gasteiger partial charge is 0.312 e. The van der Waals surface area contributed by atoms with Crippen LogP contribution in [0.3, 0.4) is 0 Å². The largest absolute Gasteiger partial charge is 0.454 e. The Morgan fingerprint density at radius 1 is 1.00 bits per heavy atom. The van der Waals surface area contributed by atoms with Crippen molar-refractivity contribution < 1.29 is 23.9 Å². The Labute approximate surface area is 162 Å². The number of nitrogens with zero attached hydrogens (tertiary/aromatic N) is 1. The number of hydrazine groups is 1. The first-order chi connectivity index (χ1) is 13.5. The molecule has 1 N–H and O–H groups in total. The second-order valence-corrected chi connectivity index (χ2v) is 6.52. The van der Waals surface area contributed by atoms with Crippen LogP contribution in [0.1, 0.15) is 34.1 Å². The van der Waals surface area contributed by atoms with Gasteiger partial charge in [0.2, 0.25) is 11.7 Å². The van der Waals surface area contributed by atoms with Gasteiger partial charge in [0.1, 0.15) is 0 Å². The molecule has 2 aromatic rings. The van der Waals surface area contributed by atoms with Crippen molar-refractivity contribution in [1.29, 1.82) is 0 Å². The number of hydrogen-bond acceptors (Lipinski definition) is 5. The number of carbonyl (C=O) groups is 4. The molecule has 1 aliphatic heterocycles. The highest BCUT2D eigenvalue weighted by Gasteiger charge is 2.37. The minimum Gasteiger partial charge on any atom is -0.454 e. The van der Waals surface area contributed by atoms with Crippen molar-refractivity contribution in [3.63, 3.8) is 0 Å². The first-order valence-electron chi connectivity index (χ1n) is 8.92. The molecular formula is C21H20N2O5. The summed E-state index contributed by atoms with van der Waals surface area (Å²) in [5.41, 5.74) is 3.35. The van der Waals surface area contributed by atoms with E-state index in [0.717, 1.165) is 5.01 Å². The summed E-state index contributed by atoms with van der Waals surface area (Å²) in [6.07, 6.45) is -1.04. The molecule has 0 radical (unpaired) electrons. The Bertz CT molecular complexity index is 882. The molecule has 0 aromatic heterocycles. The molecule has 1 saturated heterocycles. The normalized spacial score (nSPS) is 17.1. The highest BCUT2D eigenvalue weighted by atomic mass is 16.5. The first kappa shape index (κ1) is 19.3. The maximum Gasteiger partial charge on any atom is 0.312 e. The summed E-state index contributed by atoms with van der Waals surface area (Å²) in [4.78, 5) is 49.0. The number of amides is 2. The summed E-state index contributed by atoms with van der Waals surface area (Å²) in [6.45, 7) is 1.50. The number of ether oxygens (including phenoxy) is 1. The summed E-state index contributed by atoms with van der Waals surface area (Å²) in [6, 6.07) is 17.0. The molecule has 0 saturated carbocycles. The maximum absolute atomic E-state index is 12.4. The Morgan fingerprint density at radius 3 is 2.18 bits per heavy atom. The number of rotatable bonds is 6. The molecule has 1 aliphatic rings. The number of ketones is 1. The van der Waals surface area contributed by atoms with Crippen LogP contribution in [0.15, 0.2) is 60.7 Å². The van der Waals surface area contributed by atoms with Crippen LogP contribution >= 0.6 is 0 Å². The van der Waals surface area contributed by atoms with Gasteiger partial charge in [0, 0.05) is 17.5 Å². The van der Waals surface area contributed by atoms with Crippen LogP contribution in [0.25, 0.3) is 0 Å². The number of hydrogen-bond donors (Lipinski definition) is 1. The van der Waals surface area contributed by atoms with Crippen LogP contribution in [0, 0.1) is 5.92 Å². The Balaban J connectivity index is 1.56. The lowest BCUT2D eigenvalue weighted by atomic mass is 10.1. The van der Waals surface area contributed by atoms with E-state index in [0.29, 0.717) is 11.1 Å². The number of benzene rings is 2. The van der Waals surface area contributed by atoms with E-state index in [4.69, 9.17) is 4.74 Å². The number of esters is 1. The fraction of sp³-hybridized carbons (Fsp3) is 0.238. The van der Waals surface area contributed by atoms with Gasteiger partial charge in [0.05, 0.1) is 12.5 Å². The van der Waals surface area contributed by atoms with Crippen molar-refractivity contribution in [2.45, 2.75) is 19.4 Å². The zero-order valence-electron chi connectivity index (χ0n) is 15.3. The molecule has 2 aromatic carbocycles. The third kappa shape index (κ3) is 4.43. The van der Waals surface area contributed by atoms with E-state index in [1.807, 2.05) is 0 Å². The predicted molar refractivity (Wildman–Crippen MR) is 100 cm³/mol. The van der Waals surface area contributed by atoms with Gasteiger partial charge in [-0.2, -0.15) is 0 Å². The minimum atomic E-state index is -0.960. The number of Topliss-reactive ketones (excluding diaryl/α,β-unsaturated/α-hetero) is 1. The summed E-state index contributed by atoms with van der Waals surface area (Å²) < 4.78 is 5.26. The van der Waals surface area contributed by atoms with Gasteiger partial charge in [-0.3, -0.25) is 29.6 Å².